The number of benzene rings is 3. The first-order chi connectivity index (χ1) is 13.3. The average Bonchev–Trinajstić information content (AvgIpc) is 2.67. The van der Waals surface area contributed by atoms with Gasteiger partial charge in [0.25, 0.3) is 11.8 Å². The Morgan fingerprint density at radius 1 is 1.04 bits per heavy atom. The number of ether oxygens (including phenoxy) is 1. The lowest BCUT2D eigenvalue weighted by Crippen LogP contribution is -2.43. The van der Waals surface area contributed by atoms with Gasteiger partial charge in [-0.15, -0.1) is 0 Å². The normalized spacial score (nSPS) is 10.6. The van der Waals surface area contributed by atoms with Crippen LogP contribution in [-0.2, 0) is 4.79 Å². The Balaban J connectivity index is 1.57. The van der Waals surface area contributed by atoms with Crippen LogP contribution in [0.5, 0.6) is 5.75 Å². The van der Waals surface area contributed by atoms with Crippen LogP contribution >= 0.6 is 54.5 Å². The zero-order valence-electron chi connectivity index (χ0n) is 14.7. The number of aryl methyl sites for hydroxylation is 1. The Morgan fingerprint density at radius 3 is 2.57 bits per heavy atom. The van der Waals surface area contributed by atoms with E-state index < -0.39 is 5.91 Å². The van der Waals surface area contributed by atoms with Crippen molar-refractivity contribution < 1.29 is 14.3 Å². The molecule has 144 valence electrons. The minimum Gasteiger partial charge on any atom is -0.483 e. The van der Waals surface area contributed by atoms with Gasteiger partial charge in [-0.05, 0) is 92.1 Å². The van der Waals surface area contributed by atoms with Crippen LogP contribution in [0.1, 0.15) is 15.9 Å². The third-order valence-electron chi connectivity index (χ3n) is 3.99. The van der Waals surface area contributed by atoms with Gasteiger partial charge in [-0.3, -0.25) is 20.4 Å². The lowest BCUT2D eigenvalue weighted by Gasteiger charge is -2.12. The number of carbonyl (C=O) groups is 2. The van der Waals surface area contributed by atoms with Crippen LogP contribution in [0.15, 0.2) is 57.5 Å². The number of hydrogen-bond acceptors (Lipinski definition) is 3. The molecule has 0 aliphatic carbocycles. The molecule has 0 spiro atoms. The average molecular weight is 618 g/mol. The Morgan fingerprint density at radius 2 is 1.82 bits per heavy atom. The maximum atomic E-state index is 12.1. The molecule has 0 radical (unpaired) electrons. The van der Waals surface area contributed by atoms with E-state index in [0.717, 1.165) is 28.9 Å². The van der Waals surface area contributed by atoms with Crippen LogP contribution in [0.25, 0.3) is 10.8 Å². The summed E-state index contributed by atoms with van der Waals surface area (Å²) in [6.07, 6.45) is 0. The number of hydrazine groups is 1. The van der Waals surface area contributed by atoms with Gasteiger partial charge in [0.2, 0.25) is 0 Å². The van der Waals surface area contributed by atoms with Gasteiger partial charge in [-0.1, -0.05) is 34.1 Å². The van der Waals surface area contributed by atoms with Gasteiger partial charge in [0.1, 0.15) is 5.75 Å². The van der Waals surface area contributed by atoms with Crippen molar-refractivity contribution in [1.82, 2.24) is 10.9 Å². The summed E-state index contributed by atoms with van der Waals surface area (Å²) in [5.41, 5.74) is 6.31. The number of rotatable bonds is 4. The monoisotopic (exact) mass is 616 g/mol. The molecule has 0 unspecified atom stereocenters. The minimum absolute atomic E-state index is 0.230. The Bertz CT molecular complexity index is 1070. The van der Waals surface area contributed by atoms with Gasteiger partial charge in [0.15, 0.2) is 6.61 Å². The van der Waals surface area contributed by atoms with Crippen molar-refractivity contribution in [2.75, 3.05) is 6.61 Å². The van der Waals surface area contributed by atoms with E-state index in [4.69, 9.17) is 4.74 Å². The summed E-state index contributed by atoms with van der Waals surface area (Å²) in [6.45, 7) is 1.73. The fourth-order valence-electron chi connectivity index (χ4n) is 2.47. The maximum Gasteiger partial charge on any atom is 0.276 e. The van der Waals surface area contributed by atoms with Crippen LogP contribution in [0, 0.1) is 10.5 Å². The van der Waals surface area contributed by atoms with E-state index in [1.165, 1.54) is 0 Å². The number of carbonyl (C=O) groups excluding carboxylic acids is 2. The molecule has 3 aromatic carbocycles. The van der Waals surface area contributed by atoms with Crippen LogP contribution < -0.4 is 15.6 Å². The second-order valence-electron chi connectivity index (χ2n) is 6.00. The van der Waals surface area contributed by atoms with Crippen molar-refractivity contribution in [2.24, 2.45) is 0 Å². The molecule has 0 saturated carbocycles. The summed E-state index contributed by atoms with van der Waals surface area (Å²) in [4.78, 5) is 24.2. The van der Waals surface area contributed by atoms with Gasteiger partial charge in [-0.25, -0.2) is 0 Å². The molecule has 2 N–H and O–H groups in total. The molecule has 0 aromatic heterocycles. The van der Waals surface area contributed by atoms with Gasteiger partial charge in [0.05, 0.1) is 4.47 Å². The van der Waals surface area contributed by atoms with Crippen molar-refractivity contribution in [1.29, 1.82) is 0 Å². The SMILES string of the molecule is Cc1ccc(C(=O)NNC(=O)COc2ccc3cc(Br)ccc3c2Br)cc1I. The summed E-state index contributed by atoms with van der Waals surface area (Å²) < 4.78 is 8.32. The van der Waals surface area contributed by atoms with Crippen LogP contribution in [0.4, 0.5) is 0 Å². The van der Waals surface area contributed by atoms with E-state index in [1.807, 2.05) is 37.3 Å². The molecule has 2 amide bonds. The fraction of sp³-hybridized carbons (Fsp3) is 0.100. The highest BCUT2D eigenvalue weighted by Crippen LogP contribution is 2.34. The first-order valence-electron chi connectivity index (χ1n) is 8.21. The Labute approximate surface area is 192 Å². The molecular formula is C20H15Br2IN2O3. The second-order valence-corrected chi connectivity index (χ2v) is 8.87. The Kier molecular flexibility index (Phi) is 6.95. The summed E-state index contributed by atoms with van der Waals surface area (Å²) in [6, 6.07) is 14.9. The molecule has 0 saturated heterocycles. The molecule has 0 heterocycles. The van der Waals surface area contributed by atoms with Crippen molar-refractivity contribution in [3.8, 4) is 5.75 Å². The van der Waals surface area contributed by atoms with Crippen LogP contribution in [0.3, 0.4) is 0 Å². The molecule has 3 aromatic rings. The summed E-state index contributed by atoms with van der Waals surface area (Å²) in [7, 11) is 0. The maximum absolute atomic E-state index is 12.1. The zero-order valence-corrected chi connectivity index (χ0v) is 20.0. The van der Waals surface area contributed by atoms with Gasteiger partial charge in [-0.2, -0.15) is 0 Å². The number of amides is 2. The molecule has 3 rings (SSSR count). The lowest BCUT2D eigenvalue weighted by molar-refractivity contribution is -0.123. The molecule has 8 heteroatoms. The van der Waals surface area contributed by atoms with Crippen molar-refractivity contribution in [3.63, 3.8) is 0 Å². The number of nitrogens with one attached hydrogen (secondary N) is 2. The molecule has 28 heavy (non-hydrogen) atoms. The van der Waals surface area contributed by atoms with Gasteiger partial charge >= 0.3 is 0 Å². The molecular weight excluding hydrogens is 603 g/mol. The molecule has 0 aliphatic heterocycles. The lowest BCUT2D eigenvalue weighted by atomic mass is 10.1. The smallest absolute Gasteiger partial charge is 0.276 e. The van der Waals surface area contributed by atoms with Crippen molar-refractivity contribution in [3.05, 3.63) is 72.2 Å². The van der Waals surface area contributed by atoms with E-state index in [1.54, 1.807) is 18.2 Å². The van der Waals surface area contributed by atoms with E-state index in [2.05, 4.69) is 65.3 Å². The zero-order chi connectivity index (χ0) is 20.3. The molecule has 0 atom stereocenters. The van der Waals surface area contributed by atoms with E-state index in [0.29, 0.717) is 11.3 Å². The van der Waals surface area contributed by atoms with Crippen LogP contribution in [0.2, 0.25) is 0 Å². The fourth-order valence-corrected chi connectivity index (χ4v) is 3.97. The van der Waals surface area contributed by atoms with Crippen molar-refractivity contribution in [2.45, 2.75) is 6.92 Å². The predicted octanol–water partition coefficient (Wildman–Crippen LogP) is 5.12. The highest BCUT2D eigenvalue weighted by molar-refractivity contribution is 14.1. The molecule has 5 nitrogen and oxygen atoms in total. The summed E-state index contributed by atoms with van der Waals surface area (Å²) in [5.74, 6) is -0.300. The third kappa shape index (κ3) is 5.03. The van der Waals surface area contributed by atoms with Gasteiger partial charge in [0, 0.05) is 13.6 Å². The number of fused-ring (bicyclic) bond motifs is 1. The third-order valence-corrected chi connectivity index (χ3v) is 6.46. The highest BCUT2D eigenvalue weighted by atomic mass is 127. The largest absolute Gasteiger partial charge is 0.483 e. The Hall–Kier alpha value is -1.65. The van der Waals surface area contributed by atoms with E-state index in [-0.39, 0.29) is 12.5 Å². The summed E-state index contributed by atoms with van der Waals surface area (Å²) in [5, 5.41) is 2.02. The van der Waals surface area contributed by atoms with E-state index in [9.17, 15) is 9.59 Å². The predicted molar refractivity (Wildman–Crippen MR) is 124 cm³/mol. The van der Waals surface area contributed by atoms with Crippen molar-refractivity contribution >= 4 is 77.0 Å². The van der Waals surface area contributed by atoms with Crippen LogP contribution in [-0.4, -0.2) is 18.4 Å². The molecule has 0 aliphatic rings. The highest BCUT2D eigenvalue weighted by Gasteiger charge is 2.11. The topological polar surface area (TPSA) is 67.4 Å². The first-order valence-corrected chi connectivity index (χ1v) is 10.9. The van der Waals surface area contributed by atoms with Gasteiger partial charge < -0.3 is 4.74 Å². The second kappa shape index (κ2) is 9.23. The number of halogens is 3. The van der Waals surface area contributed by atoms with E-state index >= 15 is 0 Å². The minimum atomic E-state index is -0.460. The standard InChI is InChI=1S/C20H15Br2IN2O3/c1-11-2-3-13(9-16(11)23)20(27)25-24-18(26)10-28-17-7-4-12-8-14(21)5-6-15(12)19(17)22/h2-9H,10H2,1H3,(H,24,26)(H,25,27). The summed E-state index contributed by atoms with van der Waals surface area (Å²) >= 11 is 9.12. The first kappa shape index (κ1) is 21.1. The quantitative estimate of drug-likeness (QED) is 0.316. The molecule has 0 bridgehead atoms. The molecule has 0 fully saturated rings. The number of hydrogen-bond donors (Lipinski definition) is 2.